The van der Waals surface area contributed by atoms with E-state index in [1.807, 2.05) is 13.0 Å². The first-order valence-electron chi connectivity index (χ1n) is 7.91. The van der Waals surface area contributed by atoms with E-state index in [0.717, 1.165) is 37.4 Å². The summed E-state index contributed by atoms with van der Waals surface area (Å²) in [5.74, 6) is -0.276. The number of amides is 1. The maximum Gasteiger partial charge on any atom is 0.272 e. The maximum atomic E-state index is 11.9. The zero-order valence-corrected chi connectivity index (χ0v) is 13.6. The minimum Gasteiger partial charge on any atom is -0.378 e. The molecule has 0 radical (unpaired) electrons. The Morgan fingerprint density at radius 1 is 1.33 bits per heavy atom. The van der Waals surface area contributed by atoms with E-state index < -0.39 is 0 Å². The number of ether oxygens (including phenoxy) is 1. The number of anilines is 1. The molecule has 1 amide bonds. The number of nitrogens with one attached hydrogen (secondary N) is 1. The Kier molecular flexibility index (Phi) is 5.18. The van der Waals surface area contributed by atoms with Crippen LogP contribution in [0.25, 0.3) is 0 Å². The van der Waals surface area contributed by atoms with Gasteiger partial charge in [-0.1, -0.05) is 6.07 Å². The van der Waals surface area contributed by atoms with Crippen molar-refractivity contribution >= 4 is 17.8 Å². The smallest absolute Gasteiger partial charge is 0.272 e. The molecule has 0 spiro atoms. The summed E-state index contributed by atoms with van der Waals surface area (Å²) in [6, 6.07) is 9.63. The standard InChI is InChI=1S/C18H20N4O2/c1-14-11-17(22-7-9-24-10-8-22)5-4-15(14)13-20-21-18(23)16-3-2-6-19-12-16/h2-6,11-13H,7-10H2,1H3,(H,21,23)/b20-13-. The van der Waals surface area contributed by atoms with Crippen LogP contribution in [0.4, 0.5) is 5.69 Å². The molecule has 0 bridgehead atoms. The molecule has 0 atom stereocenters. The molecule has 1 aromatic carbocycles. The predicted molar refractivity (Wildman–Crippen MR) is 93.5 cm³/mol. The van der Waals surface area contributed by atoms with Crippen LogP contribution in [-0.4, -0.2) is 43.4 Å². The highest BCUT2D eigenvalue weighted by molar-refractivity contribution is 5.94. The van der Waals surface area contributed by atoms with Crippen LogP contribution in [0.2, 0.25) is 0 Å². The van der Waals surface area contributed by atoms with Crippen molar-refractivity contribution in [3.05, 3.63) is 59.4 Å². The van der Waals surface area contributed by atoms with Gasteiger partial charge < -0.3 is 9.64 Å². The number of hydrogen-bond acceptors (Lipinski definition) is 5. The van der Waals surface area contributed by atoms with Gasteiger partial charge >= 0.3 is 0 Å². The van der Waals surface area contributed by atoms with Crippen LogP contribution in [0.15, 0.2) is 47.8 Å². The fourth-order valence-corrected chi connectivity index (χ4v) is 2.55. The summed E-state index contributed by atoms with van der Waals surface area (Å²) >= 11 is 0. The van der Waals surface area contributed by atoms with Crippen LogP contribution in [0.5, 0.6) is 0 Å². The molecule has 1 aliphatic rings. The number of hydrazone groups is 1. The second kappa shape index (κ2) is 7.70. The maximum absolute atomic E-state index is 11.9. The number of pyridine rings is 1. The number of aromatic nitrogens is 1. The van der Waals surface area contributed by atoms with Crippen LogP contribution in [0.1, 0.15) is 21.5 Å². The van der Waals surface area contributed by atoms with E-state index in [4.69, 9.17) is 4.74 Å². The molecular formula is C18H20N4O2. The minimum absolute atomic E-state index is 0.276. The molecule has 1 aromatic heterocycles. The number of benzene rings is 1. The zero-order chi connectivity index (χ0) is 16.8. The SMILES string of the molecule is Cc1cc(N2CCOCC2)ccc1/C=N\NC(=O)c1cccnc1. The summed E-state index contributed by atoms with van der Waals surface area (Å²) < 4.78 is 5.38. The van der Waals surface area contributed by atoms with Gasteiger partial charge in [-0.25, -0.2) is 5.43 Å². The summed E-state index contributed by atoms with van der Waals surface area (Å²) in [5, 5.41) is 4.04. The molecule has 2 aromatic rings. The van der Waals surface area contributed by atoms with Gasteiger partial charge in [0.05, 0.1) is 25.0 Å². The largest absolute Gasteiger partial charge is 0.378 e. The molecule has 1 fully saturated rings. The highest BCUT2D eigenvalue weighted by Gasteiger charge is 2.11. The third-order valence-electron chi connectivity index (χ3n) is 3.92. The predicted octanol–water partition coefficient (Wildman–Crippen LogP) is 1.99. The molecule has 3 rings (SSSR count). The Bertz CT molecular complexity index is 725. The fourth-order valence-electron chi connectivity index (χ4n) is 2.55. The van der Waals surface area contributed by atoms with Gasteiger partial charge in [0.25, 0.3) is 5.91 Å². The number of aryl methyl sites for hydroxylation is 1. The normalized spacial score (nSPS) is 14.8. The third kappa shape index (κ3) is 3.97. The number of hydrogen-bond donors (Lipinski definition) is 1. The summed E-state index contributed by atoms with van der Waals surface area (Å²) in [6.45, 7) is 5.39. The molecule has 6 nitrogen and oxygen atoms in total. The molecule has 2 heterocycles. The van der Waals surface area contributed by atoms with E-state index in [-0.39, 0.29) is 5.91 Å². The molecule has 1 aliphatic heterocycles. The van der Waals surface area contributed by atoms with Crippen molar-refractivity contribution in [2.45, 2.75) is 6.92 Å². The van der Waals surface area contributed by atoms with E-state index in [9.17, 15) is 4.79 Å². The average Bonchev–Trinajstić information content (AvgIpc) is 2.64. The third-order valence-corrected chi connectivity index (χ3v) is 3.92. The van der Waals surface area contributed by atoms with Crippen molar-refractivity contribution in [1.82, 2.24) is 10.4 Å². The van der Waals surface area contributed by atoms with Crippen LogP contribution >= 0.6 is 0 Å². The number of carbonyl (C=O) groups excluding carboxylic acids is 1. The van der Waals surface area contributed by atoms with Gasteiger partial charge in [-0.3, -0.25) is 9.78 Å². The Morgan fingerprint density at radius 2 is 2.17 bits per heavy atom. The lowest BCUT2D eigenvalue weighted by molar-refractivity contribution is 0.0954. The van der Waals surface area contributed by atoms with E-state index in [0.29, 0.717) is 5.56 Å². The summed E-state index contributed by atoms with van der Waals surface area (Å²) in [5.41, 5.74) is 6.26. The highest BCUT2D eigenvalue weighted by atomic mass is 16.5. The number of nitrogens with zero attached hydrogens (tertiary/aromatic N) is 3. The van der Waals surface area contributed by atoms with Gasteiger partial charge in [0.1, 0.15) is 0 Å². The Labute approximate surface area is 141 Å². The van der Waals surface area contributed by atoms with E-state index in [1.54, 1.807) is 24.5 Å². The van der Waals surface area contributed by atoms with Crippen LogP contribution in [0.3, 0.4) is 0 Å². The lowest BCUT2D eigenvalue weighted by Crippen LogP contribution is -2.36. The second-order valence-corrected chi connectivity index (χ2v) is 5.58. The topological polar surface area (TPSA) is 66.8 Å². The molecule has 0 saturated carbocycles. The van der Waals surface area contributed by atoms with Crippen molar-refractivity contribution in [1.29, 1.82) is 0 Å². The summed E-state index contributed by atoms with van der Waals surface area (Å²) in [6.07, 6.45) is 4.79. The highest BCUT2D eigenvalue weighted by Crippen LogP contribution is 2.19. The van der Waals surface area contributed by atoms with Gasteiger partial charge in [-0.2, -0.15) is 5.10 Å². The molecule has 24 heavy (non-hydrogen) atoms. The molecule has 124 valence electrons. The Balaban J connectivity index is 1.63. The van der Waals surface area contributed by atoms with Gasteiger partial charge in [0.2, 0.25) is 0 Å². The first-order chi connectivity index (χ1) is 11.7. The first kappa shape index (κ1) is 16.1. The van der Waals surface area contributed by atoms with Crippen molar-refractivity contribution in [3.8, 4) is 0 Å². The number of carbonyl (C=O) groups is 1. The number of rotatable bonds is 4. The minimum atomic E-state index is -0.276. The molecular weight excluding hydrogens is 304 g/mol. The second-order valence-electron chi connectivity index (χ2n) is 5.58. The van der Waals surface area contributed by atoms with Gasteiger partial charge in [-0.15, -0.1) is 0 Å². The lowest BCUT2D eigenvalue weighted by Gasteiger charge is -2.29. The van der Waals surface area contributed by atoms with Crippen molar-refractivity contribution in [2.24, 2.45) is 5.10 Å². The van der Waals surface area contributed by atoms with Gasteiger partial charge in [0.15, 0.2) is 0 Å². The van der Waals surface area contributed by atoms with Crippen molar-refractivity contribution < 1.29 is 9.53 Å². The van der Waals surface area contributed by atoms with Gasteiger partial charge in [-0.05, 0) is 42.3 Å². The van der Waals surface area contributed by atoms with E-state index in [1.165, 1.54) is 11.9 Å². The van der Waals surface area contributed by atoms with Crippen molar-refractivity contribution in [2.75, 3.05) is 31.2 Å². The zero-order valence-electron chi connectivity index (χ0n) is 13.6. The molecule has 6 heteroatoms. The van der Waals surface area contributed by atoms with Gasteiger partial charge in [0, 0.05) is 31.2 Å². The molecule has 0 unspecified atom stereocenters. The summed E-state index contributed by atoms with van der Waals surface area (Å²) in [7, 11) is 0. The Morgan fingerprint density at radius 3 is 2.88 bits per heavy atom. The van der Waals surface area contributed by atoms with Crippen molar-refractivity contribution in [3.63, 3.8) is 0 Å². The monoisotopic (exact) mass is 324 g/mol. The fraction of sp³-hybridized carbons (Fsp3) is 0.278. The summed E-state index contributed by atoms with van der Waals surface area (Å²) in [4.78, 5) is 18.1. The van der Waals surface area contributed by atoms with Crippen LogP contribution < -0.4 is 10.3 Å². The molecule has 0 aliphatic carbocycles. The average molecular weight is 324 g/mol. The molecule has 1 N–H and O–H groups in total. The van der Waals surface area contributed by atoms with E-state index in [2.05, 4.69) is 32.5 Å². The molecule has 1 saturated heterocycles. The van der Waals surface area contributed by atoms with Crippen LogP contribution in [0, 0.1) is 6.92 Å². The first-order valence-corrected chi connectivity index (χ1v) is 7.91. The number of morpholine rings is 1. The lowest BCUT2D eigenvalue weighted by atomic mass is 10.1. The van der Waals surface area contributed by atoms with Crippen LogP contribution in [-0.2, 0) is 4.74 Å². The quantitative estimate of drug-likeness (QED) is 0.690. The van der Waals surface area contributed by atoms with E-state index >= 15 is 0 Å². The Hall–Kier alpha value is -2.73.